The Kier molecular flexibility index (Phi) is 3.37. The monoisotopic (exact) mass is 264 g/mol. The van der Waals surface area contributed by atoms with Crippen molar-refractivity contribution in [1.82, 2.24) is 9.55 Å². The molecule has 0 aliphatic rings. The van der Waals surface area contributed by atoms with E-state index in [2.05, 4.69) is 4.98 Å². The zero-order valence-corrected chi connectivity index (χ0v) is 10.2. The summed E-state index contributed by atoms with van der Waals surface area (Å²) in [5.41, 5.74) is -0.183. The van der Waals surface area contributed by atoms with E-state index in [4.69, 9.17) is 9.52 Å². The second kappa shape index (κ2) is 4.97. The lowest BCUT2D eigenvalue weighted by molar-refractivity contribution is 0.0660. The number of nitrogens with one attached hydrogen (secondary N) is 1. The fraction of sp³-hybridized carbons (Fsp3) is 0.250. The van der Waals surface area contributed by atoms with Crippen molar-refractivity contribution < 1.29 is 14.3 Å². The molecule has 0 fully saturated rings. The number of carboxylic acids is 1. The van der Waals surface area contributed by atoms with Gasteiger partial charge >= 0.3 is 11.7 Å². The summed E-state index contributed by atoms with van der Waals surface area (Å²) in [5, 5.41) is 8.91. The molecular weight excluding hydrogens is 252 g/mol. The van der Waals surface area contributed by atoms with Gasteiger partial charge < -0.3 is 9.52 Å². The summed E-state index contributed by atoms with van der Waals surface area (Å²) in [4.78, 5) is 36.2. The van der Waals surface area contributed by atoms with E-state index in [-0.39, 0.29) is 12.3 Å². The summed E-state index contributed by atoms with van der Waals surface area (Å²) in [6, 6.07) is 1.48. The Bertz CT molecular complexity index is 722. The van der Waals surface area contributed by atoms with E-state index in [1.807, 2.05) is 0 Å². The molecule has 2 heterocycles. The van der Waals surface area contributed by atoms with Gasteiger partial charge in [0, 0.05) is 17.3 Å². The maximum atomic E-state index is 11.6. The first kappa shape index (κ1) is 12.9. The quantitative estimate of drug-likeness (QED) is 0.833. The zero-order chi connectivity index (χ0) is 14.0. The van der Waals surface area contributed by atoms with Crippen molar-refractivity contribution in [2.45, 2.75) is 19.9 Å². The molecule has 2 aromatic heterocycles. The third-order valence-electron chi connectivity index (χ3n) is 2.75. The number of nitrogens with zero attached hydrogens (tertiary/aromatic N) is 1. The molecule has 0 saturated heterocycles. The maximum absolute atomic E-state index is 11.6. The fourth-order valence-corrected chi connectivity index (χ4v) is 1.76. The molecule has 0 aliphatic heterocycles. The van der Waals surface area contributed by atoms with Gasteiger partial charge in [-0.1, -0.05) is 6.92 Å². The lowest BCUT2D eigenvalue weighted by atomic mass is 10.2. The van der Waals surface area contributed by atoms with Crippen LogP contribution in [0.3, 0.4) is 0 Å². The molecule has 0 saturated carbocycles. The number of rotatable bonds is 4. The molecule has 2 N–H and O–H groups in total. The van der Waals surface area contributed by atoms with Gasteiger partial charge in [-0.3, -0.25) is 14.3 Å². The van der Waals surface area contributed by atoms with Gasteiger partial charge in [-0.2, -0.15) is 0 Å². The summed E-state index contributed by atoms with van der Waals surface area (Å²) in [5.74, 6) is -1.41. The smallest absolute Gasteiger partial charge is 0.372 e. The number of aromatic nitrogens is 2. The van der Waals surface area contributed by atoms with E-state index in [0.717, 1.165) is 0 Å². The van der Waals surface area contributed by atoms with Crippen molar-refractivity contribution in [3.8, 4) is 0 Å². The van der Waals surface area contributed by atoms with Crippen LogP contribution in [0.1, 0.15) is 28.6 Å². The van der Waals surface area contributed by atoms with Crippen LogP contribution >= 0.6 is 0 Å². The van der Waals surface area contributed by atoms with Crippen LogP contribution in [0.2, 0.25) is 0 Å². The first-order chi connectivity index (χ1) is 9.02. The highest BCUT2D eigenvalue weighted by atomic mass is 16.4. The Hall–Kier alpha value is -2.57. The molecule has 0 radical (unpaired) electrons. The van der Waals surface area contributed by atoms with E-state index in [1.165, 1.54) is 23.1 Å². The molecule has 0 spiro atoms. The van der Waals surface area contributed by atoms with E-state index >= 15 is 0 Å². The van der Waals surface area contributed by atoms with Crippen molar-refractivity contribution in [3.05, 3.63) is 56.3 Å². The number of aryl methyl sites for hydroxylation is 1. The van der Waals surface area contributed by atoms with Crippen LogP contribution in [0.15, 0.2) is 32.5 Å². The molecule has 7 heteroatoms. The number of hydrogen-bond acceptors (Lipinski definition) is 4. The van der Waals surface area contributed by atoms with Gasteiger partial charge in [-0.05, 0) is 12.5 Å². The van der Waals surface area contributed by atoms with Gasteiger partial charge in [0.2, 0.25) is 5.76 Å². The third-order valence-corrected chi connectivity index (χ3v) is 2.75. The van der Waals surface area contributed by atoms with E-state index in [9.17, 15) is 14.4 Å². The highest BCUT2D eigenvalue weighted by Crippen LogP contribution is 2.11. The Morgan fingerprint density at radius 3 is 2.79 bits per heavy atom. The zero-order valence-electron chi connectivity index (χ0n) is 10.2. The second-order valence-corrected chi connectivity index (χ2v) is 3.98. The molecule has 2 rings (SSSR count). The molecule has 100 valence electrons. The Labute approximate surface area is 107 Å². The van der Waals surface area contributed by atoms with Crippen LogP contribution in [0, 0.1) is 0 Å². The Morgan fingerprint density at radius 1 is 1.42 bits per heavy atom. The van der Waals surface area contributed by atoms with Crippen molar-refractivity contribution in [3.63, 3.8) is 0 Å². The number of aromatic amines is 1. The summed E-state index contributed by atoms with van der Waals surface area (Å²) in [7, 11) is 0. The maximum Gasteiger partial charge on any atom is 0.372 e. The van der Waals surface area contributed by atoms with Crippen molar-refractivity contribution in [1.29, 1.82) is 0 Å². The average Bonchev–Trinajstić information content (AvgIpc) is 2.81. The lowest BCUT2D eigenvalue weighted by Gasteiger charge is -2.05. The highest BCUT2D eigenvalue weighted by Gasteiger charge is 2.15. The SMILES string of the molecule is CCc1cn(Cc2ccoc2C(=O)O)c(=O)[nH]c1=O. The molecule has 0 atom stereocenters. The summed E-state index contributed by atoms with van der Waals surface area (Å²) >= 11 is 0. The van der Waals surface area contributed by atoms with Crippen LogP contribution in [-0.2, 0) is 13.0 Å². The van der Waals surface area contributed by atoms with Gasteiger partial charge in [0.15, 0.2) is 0 Å². The molecule has 0 amide bonds. The Morgan fingerprint density at radius 2 is 2.16 bits per heavy atom. The van der Waals surface area contributed by atoms with Crippen LogP contribution in [0.4, 0.5) is 0 Å². The normalized spacial score (nSPS) is 10.6. The molecule has 0 aromatic carbocycles. The summed E-state index contributed by atoms with van der Waals surface area (Å²) in [6.45, 7) is 1.82. The molecular formula is C12H12N2O5. The average molecular weight is 264 g/mol. The standard InChI is InChI=1S/C12H12N2O5/c1-2-7-5-14(12(18)13-10(7)15)6-8-3-4-19-9(8)11(16)17/h3-5H,2,6H2,1H3,(H,16,17)(H,13,15,18). The van der Waals surface area contributed by atoms with Crippen LogP contribution < -0.4 is 11.2 Å². The number of carbonyl (C=O) groups is 1. The topological polar surface area (TPSA) is 105 Å². The van der Waals surface area contributed by atoms with Crippen molar-refractivity contribution in [2.24, 2.45) is 0 Å². The molecule has 0 aliphatic carbocycles. The molecule has 7 nitrogen and oxygen atoms in total. The third kappa shape index (κ3) is 2.49. The van der Waals surface area contributed by atoms with E-state index < -0.39 is 17.2 Å². The summed E-state index contributed by atoms with van der Waals surface area (Å²) < 4.78 is 6.08. The van der Waals surface area contributed by atoms with Crippen molar-refractivity contribution >= 4 is 5.97 Å². The molecule has 2 aromatic rings. The summed E-state index contributed by atoms with van der Waals surface area (Å²) in [6.07, 6.45) is 3.16. The van der Waals surface area contributed by atoms with Gasteiger partial charge in [0.25, 0.3) is 5.56 Å². The van der Waals surface area contributed by atoms with Gasteiger partial charge in [0.05, 0.1) is 12.8 Å². The second-order valence-electron chi connectivity index (χ2n) is 3.98. The molecule has 0 bridgehead atoms. The molecule has 19 heavy (non-hydrogen) atoms. The number of H-pyrrole nitrogens is 1. The van der Waals surface area contributed by atoms with E-state index in [0.29, 0.717) is 17.5 Å². The number of aromatic carboxylic acids is 1. The van der Waals surface area contributed by atoms with Crippen LogP contribution in [0.25, 0.3) is 0 Å². The van der Waals surface area contributed by atoms with Crippen molar-refractivity contribution in [2.75, 3.05) is 0 Å². The molecule has 0 unspecified atom stereocenters. The number of furan rings is 1. The fourth-order valence-electron chi connectivity index (χ4n) is 1.76. The highest BCUT2D eigenvalue weighted by molar-refractivity contribution is 5.86. The Balaban J connectivity index is 2.44. The predicted molar refractivity (Wildman–Crippen MR) is 65.5 cm³/mol. The minimum Gasteiger partial charge on any atom is -0.475 e. The van der Waals surface area contributed by atoms with E-state index in [1.54, 1.807) is 6.92 Å². The van der Waals surface area contributed by atoms with Gasteiger partial charge in [-0.25, -0.2) is 9.59 Å². The lowest BCUT2D eigenvalue weighted by Crippen LogP contribution is -2.32. The first-order valence-electron chi connectivity index (χ1n) is 5.65. The van der Waals surface area contributed by atoms with Crippen LogP contribution in [-0.4, -0.2) is 20.6 Å². The largest absolute Gasteiger partial charge is 0.475 e. The number of carboxylic acid groups (broad SMARTS) is 1. The van der Waals surface area contributed by atoms with Crippen LogP contribution in [0.5, 0.6) is 0 Å². The first-order valence-corrected chi connectivity index (χ1v) is 5.65. The minimum absolute atomic E-state index is 0.0285. The minimum atomic E-state index is -1.20. The predicted octanol–water partition coefficient (Wildman–Crippen LogP) is 0.438. The number of hydrogen-bond donors (Lipinski definition) is 2. The van der Waals surface area contributed by atoms with Gasteiger partial charge in [-0.15, -0.1) is 0 Å². The van der Waals surface area contributed by atoms with Gasteiger partial charge in [0.1, 0.15) is 0 Å².